The predicted octanol–water partition coefficient (Wildman–Crippen LogP) is 2.29. The fourth-order valence-electron chi connectivity index (χ4n) is 4.08. The van der Waals surface area contributed by atoms with Crippen molar-refractivity contribution >= 4 is 17.3 Å². The number of ketones is 2. The van der Waals surface area contributed by atoms with Gasteiger partial charge in [-0.05, 0) is 12.5 Å². The van der Waals surface area contributed by atoms with Crippen molar-refractivity contribution in [1.29, 1.82) is 0 Å². The number of fused-ring (bicyclic) bond motifs is 1. The molecule has 2 aliphatic rings. The summed E-state index contributed by atoms with van der Waals surface area (Å²) >= 11 is 0. The summed E-state index contributed by atoms with van der Waals surface area (Å²) in [4.78, 5) is 26.0. The third-order valence-corrected chi connectivity index (χ3v) is 5.43. The molecule has 2 aromatic carbocycles. The molecule has 0 heterocycles. The van der Waals surface area contributed by atoms with Crippen LogP contribution < -0.4 is 5.32 Å². The minimum atomic E-state index is -1.35. The highest BCUT2D eigenvalue weighted by molar-refractivity contribution is 6.30. The first-order valence-corrected chi connectivity index (χ1v) is 9.29. The number of phenolic OH excluding ortho intramolecular Hbond substituents is 2. The van der Waals surface area contributed by atoms with Gasteiger partial charge in [-0.25, -0.2) is 0 Å². The van der Waals surface area contributed by atoms with Crippen molar-refractivity contribution in [3.8, 4) is 11.5 Å². The van der Waals surface area contributed by atoms with Crippen molar-refractivity contribution < 1.29 is 30.0 Å². The van der Waals surface area contributed by atoms with Crippen LogP contribution in [0.25, 0.3) is 0 Å². The van der Waals surface area contributed by atoms with Crippen molar-refractivity contribution in [2.75, 3.05) is 5.32 Å². The van der Waals surface area contributed by atoms with Gasteiger partial charge in [0.15, 0.2) is 17.3 Å². The number of carbonyl (C=O) groups excluding carboxylic acids is 2. The summed E-state index contributed by atoms with van der Waals surface area (Å²) in [5.74, 6) is -2.29. The number of aromatic hydroxyl groups is 2. The number of phenols is 2. The van der Waals surface area contributed by atoms with Crippen LogP contribution in [0.4, 0.5) is 5.69 Å². The van der Waals surface area contributed by atoms with Crippen LogP contribution in [0, 0.1) is 0 Å². The zero-order valence-electron chi connectivity index (χ0n) is 15.8. The normalized spacial score (nSPS) is 23.6. The minimum absolute atomic E-state index is 0.0267. The van der Waals surface area contributed by atoms with Gasteiger partial charge in [0.05, 0.1) is 28.5 Å². The van der Waals surface area contributed by atoms with Gasteiger partial charge in [-0.3, -0.25) is 9.59 Å². The van der Waals surface area contributed by atoms with E-state index in [1.807, 2.05) is 30.3 Å². The first-order valence-electron chi connectivity index (χ1n) is 9.29. The molecular weight excluding hydrogens is 374 g/mol. The molecule has 7 nitrogen and oxygen atoms in total. The van der Waals surface area contributed by atoms with Crippen LogP contribution in [-0.4, -0.2) is 43.7 Å². The molecule has 0 fully saturated rings. The number of rotatable bonds is 3. The predicted molar refractivity (Wildman–Crippen MR) is 105 cm³/mol. The van der Waals surface area contributed by atoms with Gasteiger partial charge in [0.2, 0.25) is 0 Å². The van der Waals surface area contributed by atoms with Crippen molar-refractivity contribution in [1.82, 2.24) is 0 Å². The molecule has 0 saturated carbocycles. The second-order valence-corrected chi connectivity index (χ2v) is 7.83. The second kappa shape index (κ2) is 6.72. The second-order valence-electron chi connectivity index (χ2n) is 7.83. The summed E-state index contributed by atoms with van der Waals surface area (Å²) in [5.41, 5.74) is -1.10. The SMILES string of the molecule is C[C@]1(O)CC2=C(C(=O)c3c(O)cc(NCc4ccccc4)c(O)c3C2=O)[C@@H](O)C1. The van der Waals surface area contributed by atoms with E-state index in [9.17, 15) is 30.0 Å². The molecule has 0 aliphatic heterocycles. The van der Waals surface area contributed by atoms with Gasteiger partial charge >= 0.3 is 0 Å². The van der Waals surface area contributed by atoms with Gasteiger partial charge in [0, 0.05) is 36.6 Å². The lowest BCUT2D eigenvalue weighted by molar-refractivity contribution is 0.00374. The topological polar surface area (TPSA) is 127 Å². The van der Waals surface area contributed by atoms with Gasteiger partial charge in [0.1, 0.15) is 5.75 Å². The molecule has 0 amide bonds. The maximum absolute atomic E-state index is 13.1. The molecule has 0 saturated heterocycles. The van der Waals surface area contributed by atoms with E-state index in [2.05, 4.69) is 5.32 Å². The first-order chi connectivity index (χ1) is 13.7. The summed E-state index contributed by atoms with van der Waals surface area (Å²) in [6, 6.07) is 10.5. The summed E-state index contributed by atoms with van der Waals surface area (Å²) < 4.78 is 0. The van der Waals surface area contributed by atoms with E-state index in [1.54, 1.807) is 0 Å². The maximum atomic E-state index is 13.1. The van der Waals surface area contributed by atoms with E-state index in [0.29, 0.717) is 6.54 Å². The van der Waals surface area contributed by atoms with Gasteiger partial charge in [-0.1, -0.05) is 30.3 Å². The Morgan fingerprint density at radius 3 is 2.48 bits per heavy atom. The minimum Gasteiger partial charge on any atom is -0.507 e. The Morgan fingerprint density at radius 1 is 1.10 bits per heavy atom. The molecule has 0 bridgehead atoms. The summed E-state index contributed by atoms with van der Waals surface area (Å²) in [6.45, 7) is 1.80. The number of hydrogen-bond acceptors (Lipinski definition) is 7. The zero-order chi connectivity index (χ0) is 20.9. The highest BCUT2D eigenvalue weighted by Crippen LogP contribution is 2.46. The highest BCUT2D eigenvalue weighted by atomic mass is 16.3. The Kier molecular flexibility index (Phi) is 4.44. The molecule has 0 unspecified atom stereocenters. The zero-order valence-corrected chi connectivity index (χ0v) is 15.8. The van der Waals surface area contributed by atoms with Crippen molar-refractivity contribution in [3.05, 3.63) is 64.2 Å². The van der Waals surface area contributed by atoms with Crippen molar-refractivity contribution in [3.63, 3.8) is 0 Å². The molecule has 0 spiro atoms. The van der Waals surface area contributed by atoms with Crippen LogP contribution in [0.2, 0.25) is 0 Å². The number of nitrogens with one attached hydrogen (secondary N) is 1. The number of anilines is 1. The van der Waals surface area contributed by atoms with E-state index in [-0.39, 0.29) is 40.8 Å². The van der Waals surface area contributed by atoms with Crippen LogP contribution in [0.5, 0.6) is 11.5 Å². The number of hydrogen-bond donors (Lipinski definition) is 5. The van der Waals surface area contributed by atoms with E-state index < -0.39 is 34.8 Å². The Labute approximate surface area is 166 Å². The molecular formula is C22H21NO6. The van der Waals surface area contributed by atoms with Crippen molar-refractivity contribution in [2.45, 2.75) is 38.0 Å². The van der Waals surface area contributed by atoms with Gasteiger partial charge < -0.3 is 25.7 Å². The molecule has 29 heavy (non-hydrogen) atoms. The molecule has 0 aromatic heterocycles. The molecule has 5 N–H and O–H groups in total. The lowest BCUT2D eigenvalue weighted by Crippen LogP contribution is -2.42. The summed E-state index contributed by atoms with van der Waals surface area (Å²) in [7, 11) is 0. The summed E-state index contributed by atoms with van der Waals surface area (Å²) in [5, 5.41) is 44.8. The van der Waals surface area contributed by atoms with Gasteiger partial charge in [-0.2, -0.15) is 0 Å². The number of aliphatic hydroxyl groups is 2. The monoisotopic (exact) mass is 395 g/mol. The molecule has 2 atom stereocenters. The summed E-state index contributed by atoms with van der Waals surface area (Å²) in [6.07, 6.45) is -1.54. The largest absolute Gasteiger partial charge is 0.507 e. The third kappa shape index (κ3) is 3.18. The van der Waals surface area contributed by atoms with E-state index in [1.165, 1.54) is 13.0 Å². The Hall–Kier alpha value is -3.16. The average molecular weight is 395 g/mol. The average Bonchev–Trinajstić information content (AvgIpc) is 2.66. The van der Waals surface area contributed by atoms with Crippen LogP contribution >= 0.6 is 0 Å². The molecule has 2 aromatic rings. The number of carbonyl (C=O) groups is 2. The Morgan fingerprint density at radius 2 is 1.79 bits per heavy atom. The molecule has 150 valence electrons. The highest BCUT2D eigenvalue weighted by Gasteiger charge is 2.46. The third-order valence-electron chi connectivity index (χ3n) is 5.43. The van der Waals surface area contributed by atoms with Crippen molar-refractivity contribution in [2.24, 2.45) is 0 Å². The lowest BCUT2D eigenvalue weighted by Gasteiger charge is -2.36. The lowest BCUT2D eigenvalue weighted by atomic mass is 9.71. The fourth-order valence-corrected chi connectivity index (χ4v) is 4.08. The maximum Gasteiger partial charge on any atom is 0.196 e. The molecule has 0 radical (unpaired) electrons. The van der Waals surface area contributed by atoms with Crippen LogP contribution in [0.3, 0.4) is 0 Å². The molecule has 2 aliphatic carbocycles. The number of benzene rings is 2. The van der Waals surface area contributed by atoms with E-state index >= 15 is 0 Å². The first kappa shape index (κ1) is 19.2. The van der Waals surface area contributed by atoms with Gasteiger partial charge in [-0.15, -0.1) is 0 Å². The Bertz CT molecular complexity index is 1050. The quantitative estimate of drug-likeness (QED) is 0.399. The molecule has 7 heteroatoms. The number of aliphatic hydroxyl groups excluding tert-OH is 1. The van der Waals surface area contributed by atoms with Crippen LogP contribution in [0.1, 0.15) is 46.0 Å². The van der Waals surface area contributed by atoms with Crippen LogP contribution in [0.15, 0.2) is 47.5 Å². The molecule has 4 rings (SSSR count). The number of Topliss-reactive ketones (excluding diaryl/α,β-unsaturated/α-hetero) is 2. The Balaban J connectivity index is 1.77. The van der Waals surface area contributed by atoms with Gasteiger partial charge in [0.25, 0.3) is 0 Å². The van der Waals surface area contributed by atoms with E-state index in [4.69, 9.17) is 0 Å². The van der Waals surface area contributed by atoms with Crippen LogP contribution in [-0.2, 0) is 6.54 Å². The van der Waals surface area contributed by atoms with E-state index in [0.717, 1.165) is 5.56 Å². The standard InChI is InChI=1S/C22H21NO6/c1-22(29)8-12-16(15(25)9-22)21(28)17-14(24)7-13(20(27)18(17)19(12)26)23-10-11-5-3-2-4-6-11/h2-7,15,23-25,27,29H,8-10H2,1H3/t15-,22-/m0/s1. The smallest absolute Gasteiger partial charge is 0.196 e. The fraction of sp³-hybridized carbons (Fsp3) is 0.273.